The van der Waals surface area contributed by atoms with E-state index in [9.17, 15) is 4.79 Å². The maximum absolute atomic E-state index is 10.3. The molecule has 0 aliphatic heterocycles. The van der Waals surface area contributed by atoms with Crippen molar-refractivity contribution in [2.24, 2.45) is 0 Å². The fraction of sp³-hybridized carbons (Fsp3) is 0.429. The molecule has 0 radical (unpaired) electrons. The quantitative estimate of drug-likeness (QED) is 0.776. The highest BCUT2D eigenvalue weighted by Crippen LogP contribution is 2.13. The molecule has 5 heteroatoms. The Morgan fingerprint density at radius 3 is 2.50 bits per heavy atom. The summed E-state index contributed by atoms with van der Waals surface area (Å²) in [5.74, 6) is -0.982. The Morgan fingerprint density at radius 2 is 2.25 bits per heavy atom. The van der Waals surface area contributed by atoms with Gasteiger partial charge in [0.15, 0.2) is 0 Å². The average molecular weight is 192 g/mol. The van der Waals surface area contributed by atoms with Crippen LogP contribution >= 0.6 is 12.4 Å². The van der Waals surface area contributed by atoms with E-state index >= 15 is 0 Å². The van der Waals surface area contributed by atoms with Gasteiger partial charge in [0.05, 0.1) is 5.69 Å². The van der Waals surface area contributed by atoms with Gasteiger partial charge in [-0.25, -0.2) is 4.79 Å². The van der Waals surface area contributed by atoms with Crippen LogP contribution in [-0.2, 0) is 0 Å². The zero-order valence-corrected chi connectivity index (χ0v) is 7.59. The van der Waals surface area contributed by atoms with E-state index in [1.54, 1.807) is 0 Å². The second kappa shape index (κ2) is 4.11. The number of nitrogens with zero attached hydrogens (tertiary/aromatic N) is 1. The molecule has 0 atom stereocenters. The molecule has 12 heavy (non-hydrogen) atoms. The van der Waals surface area contributed by atoms with E-state index in [2.05, 4.69) is 9.68 Å². The summed E-state index contributed by atoms with van der Waals surface area (Å²) in [5.41, 5.74) is 0.669. The van der Waals surface area contributed by atoms with Crippen molar-refractivity contribution in [3.05, 3.63) is 17.5 Å². The maximum Gasteiger partial charge on any atom is 0.374 e. The molecule has 0 spiro atoms. The zero-order chi connectivity index (χ0) is 8.43. The molecule has 4 nitrogen and oxygen atoms in total. The molecule has 0 aliphatic carbocycles. The van der Waals surface area contributed by atoms with Crippen LogP contribution < -0.4 is 0 Å². The van der Waals surface area contributed by atoms with Gasteiger partial charge in [0.2, 0.25) is 5.76 Å². The summed E-state index contributed by atoms with van der Waals surface area (Å²) in [6.45, 7) is 3.84. The monoisotopic (exact) mass is 191 g/mol. The normalized spacial score (nSPS) is 9.58. The predicted molar refractivity (Wildman–Crippen MR) is 44.8 cm³/mol. The standard InChI is InChI=1S/C7H9NO3.ClH/c1-4(2)5-3-6(7(9)10)11-8-5;/h3-4H,1-2H3,(H,9,10);1H. The van der Waals surface area contributed by atoms with Gasteiger partial charge in [-0.1, -0.05) is 19.0 Å². The van der Waals surface area contributed by atoms with Gasteiger partial charge in [0, 0.05) is 6.07 Å². The first-order chi connectivity index (χ1) is 5.11. The van der Waals surface area contributed by atoms with Crippen LogP contribution in [0.2, 0.25) is 0 Å². The Kier molecular flexibility index (Phi) is 3.76. The van der Waals surface area contributed by atoms with Crippen LogP contribution in [0.5, 0.6) is 0 Å². The molecular weight excluding hydrogens is 182 g/mol. The van der Waals surface area contributed by atoms with Crippen LogP contribution in [0.4, 0.5) is 0 Å². The molecule has 0 aliphatic rings. The molecule has 1 N–H and O–H groups in total. The molecule has 1 rings (SSSR count). The van der Waals surface area contributed by atoms with Crippen LogP contribution in [0.25, 0.3) is 0 Å². The topological polar surface area (TPSA) is 63.3 Å². The minimum Gasteiger partial charge on any atom is -0.475 e. The highest BCUT2D eigenvalue weighted by atomic mass is 35.5. The van der Waals surface area contributed by atoms with Gasteiger partial charge in [-0.3, -0.25) is 0 Å². The second-order valence-electron chi connectivity index (χ2n) is 2.58. The van der Waals surface area contributed by atoms with Gasteiger partial charge in [0.25, 0.3) is 0 Å². The van der Waals surface area contributed by atoms with Gasteiger partial charge in [-0.05, 0) is 5.92 Å². The summed E-state index contributed by atoms with van der Waals surface area (Å²) >= 11 is 0. The van der Waals surface area contributed by atoms with Crippen LogP contribution in [-0.4, -0.2) is 16.2 Å². The molecule has 0 amide bonds. The minimum absolute atomic E-state index is 0. The van der Waals surface area contributed by atoms with Crippen molar-refractivity contribution in [2.45, 2.75) is 19.8 Å². The smallest absolute Gasteiger partial charge is 0.374 e. The Labute approximate surface area is 76.0 Å². The van der Waals surface area contributed by atoms with Crippen molar-refractivity contribution in [2.75, 3.05) is 0 Å². The molecular formula is C7H10ClNO3. The van der Waals surface area contributed by atoms with E-state index in [0.717, 1.165) is 0 Å². The molecule has 0 aromatic carbocycles. The summed E-state index contributed by atoms with van der Waals surface area (Å²) in [4.78, 5) is 10.3. The van der Waals surface area contributed by atoms with Crippen molar-refractivity contribution in [3.8, 4) is 0 Å². The van der Waals surface area contributed by atoms with E-state index in [4.69, 9.17) is 5.11 Å². The van der Waals surface area contributed by atoms with Crippen LogP contribution in [0.1, 0.15) is 36.0 Å². The zero-order valence-electron chi connectivity index (χ0n) is 6.77. The van der Waals surface area contributed by atoms with Crippen molar-refractivity contribution in [3.63, 3.8) is 0 Å². The summed E-state index contributed by atoms with van der Waals surface area (Å²) in [7, 11) is 0. The Morgan fingerprint density at radius 1 is 1.67 bits per heavy atom. The predicted octanol–water partition coefficient (Wildman–Crippen LogP) is 1.92. The fourth-order valence-electron chi connectivity index (χ4n) is 0.662. The van der Waals surface area contributed by atoms with Gasteiger partial charge in [-0.15, -0.1) is 12.4 Å². The maximum atomic E-state index is 10.3. The number of aromatic nitrogens is 1. The van der Waals surface area contributed by atoms with Gasteiger partial charge >= 0.3 is 5.97 Å². The summed E-state index contributed by atoms with van der Waals surface area (Å²) < 4.78 is 4.54. The van der Waals surface area contributed by atoms with Crippen LogP contribution in [0, 0.1) is 0 Å². The lowest BCUT2D eigenvalue weighted by atomic mass is 10.1. The highest BCUT2D eigenvalue weighted by Gasteiger charge is 2.12. The average Bonchev–Trinajstić information content (AvgIpc) is 2.33. The first-order valence-corrected chi connectivity index (χ1v) is 3.31. The largest absolute Gasteiger partial charge is 0.475 e. The molecule has 0 saturated carbocycles. The molecule has 1 aromatic heterocycles. The molecule has 0 fully saturated rings. The SMILES string of the molecule is CC(C)c1cc(C(=O)O)on1.Cl. The molecule has 0 unspecified atom stereocenters. The number of hydrogen-bond donors (Lipinski definition) is 1. The van der Waals surface area contributed by atoms with Crippen molar-refractivity contribution in [1.29, 1.82) is 0 Å². The first kappa shape index (κ1) is 11.0. The number of carbonyl (C=O) groups is 1. The van der Waals surface area contributed by atoms with E-state index in [1.165, 1.54) is 6.07 Å². The lowest BCUT2D eigenvalue weighted by Crippen LogP contribution is -1.92. The van der Waals surface area contributed by atoms with E-state index in [1.807, 2.05) is 13.8 Å². The van der Waals surface area contributed by atoms with Gasteiger partial charge in [0.1, 0.15) is 0 Å². The number of hydrogen-bond acceptors (Lipinski definition) is 3. The lowest BCUT2D eigenvalue weighted by molar-refractivity contribution is 0.0652. The van der Waals surface area contributed by atoms with E-state index in [-0.39, 0.29) is 24.1 Å². The number of rotatable bonds is 2. The summed E-state index contributed by atoms with van der Waals surface area (Å²) in [5, 5.41) is 12.0. The molecule has 0 bridgehead atoms. The highest BCUT2D eigenvalue weighted by molar-refractivity contribution is 5.85. The third-order valence-corrected chi connectivity index (χ3v) is 1.33. The van der Waals surface area contributed by atoms with Crippen molar-refractivity contribution < 1.29 is 14.4 Å². The van der Waals surface area contributed by atoms with E-state index in [0.29, 0.717) is 5.69 Å². The third-order valence-electron chi connectivity index (χ3n) is 1.33. The summed E-state index contributed by atoms with van der Waals surface area (Å²) in [6.07, 6.45) is 0. The molecule has 68 valence electrons. The van der Waals surface area contributed by atoms with Crippen molar-refractivity contribution in [1.82, 2.24) is 5.16 Å². The summed E-state index contributed by atoms with van der Waals surface area (Å²) in [6, 6.07) is 1.44. The number of halogens is 1. The Hall–Kier alpha value is -1.03. The van der Waals surface area contributed by atoms with Crippen molar-refractivity contribution >= 4 is 18.4 Å². The molecule has 0 saturated heterocycles. The van der Waals surface area contributed by atoms with Gasteiger partial charge in [-0.2, -0.15) is 0 Å². The molecule has 1 heterocycles. The van der Waals surface area contributed by atoms with Crippen LogP contribution in [0.3, 0.4) is 0 Å². The number of carboxylic acid groups (broad SMARTS) is 1. The number of aromatic carboxylic acids is 1. The molecule has 1 aromatic rings. The minimum atomic E-state index is -1.08. The second-order valence-corrected chi connectivity index (χ2v) is 2.58. The fourth-order valence-corrected chi connectivity index (χ4v) is 0.662. The Bertz CT molecular complexity index is 269. The number of carboxylic acids is 1. The van der Waals surface area contributed by atoms with Crippen LogP contribution in [0.15, 0.2) is 10.6 Å². The third kappa shape index (κ3) is 2.23. The lowest BCUT2D eigenvalue weighted by Gasteiger charge is -1.92. The first-order valence-electron chi connectivity index (χ1n) is 3.31. The van der Waals surface area contributed by atoms with Gasteiger partial charge < -0.3 is 9.63 Å². The Balaban J connectivity index is 0.00000121. The van der Waals surface area contributed by atoms with E-state index < -0.39 is 5.97 Å².